The fourth-order valence-corrected chi connectivity index (χ4v) is 6.72. The molecule has 146 valence electrons. The van der Waals surface area contributed by atoms with Gasteiger partial charge >= 0.3 is 0 Å². The molecule has 1 aliphatic heterocycles. The van der Waals surface area contributed by atoms with Crippen LogP contribution in [0.1, 0.15) is 29.3 Å². The van der Waals surface area contributed by atoms with E-state index in [1.54, 1.807) is 18.3 Å². The van der Waals surface area contributed by atoms with Crippen molar-refractivity contribution >= 4 is 37.3 Å². The predicted molar refractivity (Wildman–Crippen MR) is 115 cm³/mol. The minimum Gasteiger partial charge on any atom is -0.338 e. The fourth-order valence-electron chi connectivity index (χ4n) is 4.18. The Hall–Kier alpha value is -1.99. The zero-order valence-corrected chi connectivity index (χ0v) is 17.7. The normalized spacial score (nSPS) is 21.2. The van der Waals surface area contributed by atoms with Crippen molar-refractivity contribution in [2.75, 3.05) is 23.7 Å². The number of nitrogens with zero attached hydrogens (tertiary/aromatic N) is 3. The lowest BCUT2D eigenvalue weighted by atomic mass is 10.0. The summed E-state index contributed by atoms with van der Waals surface area (Å²) in [5.74, 6) is 0.820. The van der Waals surface area contributed by atoms with Crippen LogP contribution in [0.4, 0.5) is 5.95 Å². The molecule has 28 heavy (non-hydrogen) atoms. The van der Waals surface area contributed by atoms with Crippen LogP contribution in [0.5, 0.6) is 0 Å². The van der Waals surface area contributed by atoms with Crippen molar-refractivity contribution in [2.24, 2.45) is 0 Å². The highest BCUT2D eigenvalue weighted by Crippen LogP contribution is 2.41. The van der Waals surface area contributed by atoms with Crippen LogP contribution in [-0.4, -0.2) is 42.5 Å². The molecule has 1 saturated heterocycles. The zero-order valence-electron chi connectivity index (χ0n) is 16.1. The van der Waals surface area contributed by atoms with Crippen molar-refractivity contribution in [1.82, 2.24) is 9.97 Å². The van der Waals surface area contributed by atoms with Crippen molar-refractivity contribution in [2.45, 2.75) is 38.4 Å². The fraction of sp³-hybridized carbons (Fsp3) is 0.429. The summed E-state index contributed by atoms with van der Waals surface area (Å²) in [6.45, 7) is 4.77. The molecular weight excluding hydrogens is 390 g/mol. The Morgan fingerprint density at radius 3 is 2.68 bits per heavy atom. The monoisotopic (exact) mass is 413 g/mol. The molecule has 0 radical (unpaired) electrons. The van der Waals surface area contributed by atoms with Gasteiger partial charge in [-0.15, -0.1) is 11.3 Å². The van der Waals surface area contributed by atoms with E-state index in [2.05, 4.69) is 31.2 Å². The standard InChI is InChI=1S/C21H23N3O2S2/c1-13-6-8-15(9-7-13)19-18-16-4-3-5-17(16)27-20(18)23-21(22-19)24-10-11-28(25,26)14(2)12-24/h6-9,14H,3-5,10-12H2,1-2H3. The van der Waals surface area contributed by atoms with E-state index in [0.717, 1.165) is 28.9 Å². The molecule has 1 atom stereocenters. The van der Waals surface area contributed by atoms with Gasteiger partial charge in [0.1, 0.15) is 4.83 Å². The third kappa shape index (κ3) is 2.92. The van der Waals surface area contributed by atoms with E-state index in [1.807, 2.05) is 4.90 Å². The second-order valence-corrected chi connectivity index (χ2v) is 11.5. The number of thiophene rings is 1. The van der Waals surface area contributed by atoms with Crippen LogP contribution in [0.3, 0.4) is 0 Å². The highest BCUT2D eigenvalue weighted by molar-refractivity contribution is 7.92. The van der Waals surface area contributed by atoms with E-state index in [-0.39, 0.29) is 5.75 Å². The average Bonchev–Trinajstić information content (AvgIpc) is 3.25. The van der Waals surface area contributed by atoms with Crippen molar-refractivity contribution in [3.05, 3.63) is 40.3 Å². The van der Waals surface area contributed by atoms with Gasteiger partial charge in [-0.3, -0.25) is 0 Å². The molecule has 0 saturated carbocycles. The van der Waals surface area contributed by atoms with Gasteiger partial charge in [0.05, 0.1) is 16.7 Å². The molecule has 3 aromatic rings. The molecule has 5 nitrogen and oxygen atoms in total. The van der Waals surface area contributed by atoms with Crippen molar-refractivity contribution < 1.29 is 8.42 Å². The number of sulfone groups is 1. The van der Waals surface area contributed by atoms with E-state index in [9.17, 15) is 8.42 Å². The summed E-state index contributed by atoms with van der Waals surface area (Å²) in [6.07, 6.45) is 3.42. The minimum absolute atomic E-state index is 0.163. The smallest absolute Gasteiger partial charge is 0.227 e. The Morgan fingerprint density at radius 2 is 1.93 bits per heavy atom. The van der Waals surface area contributed by atoms with Gasteiger partial charge in [0.2, 0.25) is 5.95 Å². The maximum absolute atomic E-state index is 12.1. The van der Waals surface area contributed by atoms with Crippen LogP contribution < -0.4 is 4.90 Å². The summed E-state index contributed by atoms with van der Waals surface area (Å²) in [5, 5.41) is 0.805. The Bertz CT molecular complexity index is 1170. The maximum Gasteiger partial charge on any atom is 0.227 e. The first kappa shape index (κ1) is 18.1. The average molecular weight is 414 g/mol. The van der Waals surface area contributed by atoms with Crippen molar-refractivity contribution in [3.63, 3.8) is 0 Å². The summed E-state index contributed by atoms with van der Waals surface area (Å²) >= 11 is 1.78. The number of anilines is 1. The summed E-state index contributed by atoms with van der Waals surface area (Å²) in [6, 6.07) is 8.49. The van der Waals surface area contributed by atoms with E-state index < -0.39 is 15.1 Å². The number of aryl methyl sites for hydroxylation is 3. The van der Waals surface area contributed by atoms with Crippen LogP contribution in [0.15, 0.2) is 24.3 Å². The van der Waals surface area contributed by atoms with Crippen LogP contribution >= 0.6 is 11.3 Å². The van der Waals surface area contributed by atoms with E-state index >= 15 is 0 Å². The zero-order chi connectivity index (χ0) is 19.5. The van der Waals surface area contributed by atoms with Crippen LogP contribution in [0, 0.1) is 6.92 Å². The molecule has 1 aromatic carbocycles. The van der Waals surface area contributed by atoms with Gasteiger partial charge in [0, 0.05) is 28.9 Å². The Balaban J connectivity index is 1.67. The Labute approximate surface area is 169 Å². The molecule has 1 fully saturated rings. The van der Waals surface area contributed by atoms with Gasteiger partial charge in [-0.1, -0.05) is 29.8 Å². The number of rotatable bonds is 2. The van der Waals surface area contributed by atoms with Gasteiger partial charge in [-0.25, -0.2) is 18.4 Å². The summed E-state index contributed by atoms with van der Waals surface area (Å²) < 4.78 is 24.2. The number of hydrogen-bond donors (Lipinski definition) is 0. The molecule has 3 heterocycles. The summed E-state index contributed by atoms with van der Waals surface area (Å²) in [4.78, 5) is 14.4. The molecule has 1 unspecified atom stereocenters. The quantitative estimate of drug-likeness (QED) is 0.640. The Kier molecular flexibility index (Phi) is 4.21. The van der Waals surface area contributed by atoms with Gasteiger partial charge in [-0.2, -0.15) is 0 Å². The molecular formula is C21H23N3O2S2. The van der Waals surface area contributed by atoms with Gasteiger partial charge in [-0.05, 0) is 38.7 Å². The lowest BCUT2D eigenvalue weighted by Crippen LogP contribution is -2.46. The van der Waals surface area contributed by atoms with Crippen molar-refractivity contribution in [3.8, 4) is 11.3 Å². The van der Waals surface area contributed by atoms with E-state index in [1.165, 1.54) is 27.8 Å². The molecule has 1 aliphatic carbocycles. The lowest BCUT2D eigenvalue weighted by Gasteiger charge is -2.31. The molecule has 0 amide bonds. The second kappa shape index (κ2) is 6.52. The van der Waals surface area contributed by atoms with Gasteiger partial charge in [0.25, 0.3) is 0 Å². The third-order valence-corrected chi connectivity index (χ3v) is 9.21. The molecule has 2 aromatic heterocycles. The number of aromatic nitrogens is 2. The molecule has 2 aliphatic rings. The Morgan fingerprint density at radius 1 is 1.14 bits per heavy atom. The number of benzene rings is 1. The highest BCUT2D eigenvalue weighted by atomic mass is 32.2. The SMILES string of the molecule is Cc1ccc(-c2nc(N3CCS(=O)(=O)C(C)C3)nc3sc4c(c23)CCC4)cc1. The molecule has 0 bridgehead atoms. The first-order chi connectivity index (χ1) is 13.4. The topological polar surface area (TPSA) is 63.2 Å². The molecule has 0 N–H and O–H groups in total. The first-order valence-corrected chi connectivity index (χ1v) is 12.3. The number of hydrogen-bond acceptors (Lipinski definition) is 6. The summed E-state index contributed by atoms with van der Waals surface area (Å²) in [7, 11) is -3.00. The third-order valence-electron chi connectivity index (χ3n) is 5.90. The lowest BCUT2D eigenvalue weighted by molar-refractivity contribution is 0.567. The molecule has 0 spiro atoms. The van der Waals surface area contributed by atoms with Crippen LogP contribution in [0.25, 0.3) is 21.5 Å². The molecule has 5 rings (SSSR count). The van der Waals surface area contributed by atoms with E-state index in [4.69, 9.17) is 9.97 Å². The number of fused-ring (bicyclic) bond motifs is 3. The molecule has 7 heteroatoms. The highest BCUT2D eigenvalue weighted by Gasteiger charge is 2.32. The van der Waals surface area contributed by atoms with Crippen molar-refractivity contribution in [1.29, 1.82) is 0 Å². The minimum atomic E-state index is -3.00. The van der Waals surface area contributed by atoms with Crippen LogP contribution in [-0.2, 0) is 22.7 Å². The largest absolute Gasteiger partial charge is 0.338 e. The summed E-state index contributed by atoms with van der Waals surface area (Å²) in [5.41, 5.74) is 4.72. The first-order valence-electron chi connectivity index (χ1n) is 9.78. The predicted octanol–water partition coefficient (Wildman–Crippen LogP) is 3.78. The maximum atomic E-state index is 12.1. The van der Waals surface area contributed by atoms with E-state index in [0.29, 0.717) is 19.0 Å². The van der Waals surface area contributed by atoms with Crippen LogP contribution in [0.2, 0.25) is 0 Å². The second-order valence-electron chi connectivity index (χ2n) is 7.90. The van der Waals surface area contributed by atoms with Gasteiger partial charge in [0.15, 0.2) is 9.84 Å². The van der Waals surface area contributed by atoms with Gasteiger partial charge < -0.3 is 4.90 Å².